The minimum Gasteiger partial charge on any atom is -0.408 e. The van der Waals surface area contributed by atoms with Crippen molar-refractivity contribution in [2.45, 2.75) is 23.5 Å². The van der Waals surface area contributed by atoms with Crippen LogP contribution in [0.15, 0.2) is 0 Å². The molecule has 0 saturated carbocycles. The molecule has 0 saturated heterocycles. The van der Waals surface area contributed by atoms with Gasteiger partial charge in [0.25, 0.3) is 16.3 Å². The smallest absolute Gasteiger partial charge is 0.261 e. The molecule has 0 fully saturated rings. The van der Waals surface area contributed by atoms with Crippen molar-refractivity contribution in [2.24, 2.45) is 0 Å². The zero-order valence-corrected chi connectivity index (χ0v) is 9.72. The zero-order chi connectivity index (χ0) is 8.85. The van der Waals surface area contributed by atoms with E-state index in [1.165, 1.54) is 0 Å². The average molecular weight is 195 g/mol. The molecule has 0 amide bonds. The highest BCUT2D eigenvalue weighted by molar-refractivity contribution is 7.13. The first-order valence-electron chi connectivity index (χ1n) is 3.55. The predicted molar refractivity (Wildman–Crippen MR) is 48.9 cm³/mol. The van der Waals surface area contributed by atoms with Gasteiger partial charge in [-0.05, 0) is 6.42 Å². The molecule has 11 heavy (non-hydrogen) atoms. The van der Waals surface area contributed by atoms with E-state index < -0.39 is 11.1 Å². The molecule has 4 N–H and O–H groups in total. The number of nitrogens with one attached hydrogen (secondary N) is 1. The van der Waals surface area contributed by atoms with Crippen molar-refractivity contribution in [3.8, 4) is 0 Å². The number of aliphatic hydroxyl groups excluding tert-OH is 3. The van der Waals surface area contributed by atoms with Crippen LogP contribution in [0.25, 0.3) is 0 Å². The number of hydrogen-bond donors (Lipinski definition) is 4. The lowest BCUT2D eigenvalue weighted by Gasteiger charge is -2.21. The van der Waals surface area contributed by atoms with Gasteiger partial charge in [-0.3, -0.25) is 5.09 Å². The van der Waals surface area contributed by atoms with Crippen LogP contribution >= 0.6 is 9.39 Å². The lowest BCUT2D eigenvalue weighted by atomic mass is 10.1. The third kappa shape index (κ3) is 5.11. The van der Waals surface area contributed by atoms with Crippen molar-refractivity contribution in [1.82, 2.24) is 5.09 Å². The van der Waals surface area contributed by atoms with Crippen LogP contribution in [-0.4, -0.2) is 55.3 Å². The molecule has 0 aliphatic heterocycles. The molecule has 0 aliphatic carbocycles. The summed E-state index contributed by atoms with van der Waals surface area (Å²) in [5, 5.41) is 29.5. The molecule has 6 heteroatoms. The summed E-state index contributed by atoms with van der Waals surface area (Å²) in [7, 11) is 2.29. The molecule has 0 radical (unpaired) electrons. The fourth-order valence-corrected chi connectivity index (χ4v) is 2.04. The first-order chi connectivity index (χ1) is 5.11. The normalized spacial score (nSPS) is 19.3. The van der Waals surface area contributed by atoms with Gasteiger partial charge in [0, 0.05) is 11.0 Å². The van der Waals surface area contributed by atoms with Gasteiger partial charge in [-0.2, -0.15) is 0 Å². The minimum atomic E-state index is -0.739. The van der Waals surface area contributed by atoms with Crippen molar-refractivity contribution in [1.29, 1.82) is 0 Å². The Morgan fingerprint density at radius 2 is 2.00 bits per heavy atom. The third-order valence-corrected chi connectivity index (χ3v) is 2.77. The maximum Gasteiger partial charge on any atom is 0.261 e. The summed E-state index contributed by atoms with van der Waals surface area (Å²) in [6, 6.07) is -0.131. The Labute approximate surface area is 76.7 Å². The van der Waals surface area contributed by atoms with Gasteiger partial charge in [0.15, 0.2) is 0 Å². The molecule has 4 unspecified atom stereocenters. The van der Waals surface area contributed by atoms with Gasteiger partial charge in [0.1, 0.15) is 0 Å². The van der Waals surface area contributed by atoms with Crippen molar-refractivity contribution in [3.05, 3.63) is 0 Å². The highest BCUT2D eigenvalue weighted by Crippen LogP contribution is 2.02. The summed E-state index contributed by atoms with van der Waals surface area (Å²) in [5.41, 5.74) is 0. The fourth-order valence-electron chi connectivity index (χ4n) is 0.772. The van der Waals surface area contributed by atoms with Crippen LogP contribution in [0.1, 0.15) is 6.42 Å². The molecule has 4 nitrogen and oxygen atoms in total. The standard InChI is InChI=1S/C5H13NO3P.Al.2H/c7-2-4(6-10)1-5(9)3-8;;;/h2,4-9H,1,3,10H2;;;. The van der Waals surface area contributed by atoms with E-state index in [1.54, 1.807) is 0 Å². The van der Waals surface area contributed by atoms with E-state index in [9.17, 15) is 0 Å². The van der Waals surface area contributed by atoms with Gasteiger partial charge in [0.05, 0.1) is 12.7 Å². The molecule has 0 bridgehead atoms. The van der Waals surface area contributed by atoms with E-state index in [0.29, 0.717) is 22.7 Å². The second kappa shape index (κ2) is 6.33. The molecule has 0 aromatic rings. The van der Waals surface area contributed by atoms with Crippen LogP contribution in [0.4, 0.5) is 0 Å². The largest absolute Gasteiger partial charge is 0.408 e. The topological polar surface area (TPSA) is 72.7 Å². The lowest BCUT2D eigenvalue weighted by Crippen LogP contribution is -2.38. The van der Waals surface area contributed by atoms with E-state index in [1.807, 2.05) is 0 Å². The Balaban J connectivity index is 3.68. The van der Waals surface area contributed by atoms with E-state index in [-0.39, 0.29) is 12.6 Å². The Hall–Kier alpha value is 0.802. The van der Waals surface area contributed by atoms with Crippen LogP contribution in [-0.2, 0) is 0 Å². The monoisotopic (exact) mass is 195 g/mol. The van der Waals surface area contributed by atoms with Gasteiger partial charge in [-0.1, -0.05) is 9.39 Å². The molecule has 0 rings (SSSR count). The third-order valence-electron chi connectivity index (χ3n) is 1.53. The first kappa shape index (κ1) is 11.8. The van der Waals surface area contributed by atoms with Crippen molar-refractivity contribution >= 4 is 25.7 Å². The predicted octanol–water partition coefficient (Wildman–Crippen LogP) is -2.57. The number of hydrogen-bond acceptors (Lipinski definition) is 4. The molecule has 0 aromatic heterocycles. The fraction of sp³-hybridized carbons (Fsp3) is 1.00. The zero-order valence-electron chi connectivity index (χ0n) is 6.57. The molecule has 0 aromatic carbocycles. The van der Waals surface area contributed by atoms with E-state index >= 15 is 0 Å². The first-order valence-corrected chi connectivity index (χ1v) is 5.28. The second-order valence-corrected chi connectivity index (χ2v) is 4.10. The van der Waals surface area contributed by atoms with Crippen molar-refractivity contribution in [3.63, 3.8) is 0 Å². The summed E-state index contributed by atoms with van der Waals surface area (Å²) < 4.78 is 0. The van der Waals surface area contributed by atoms with Gasteiger partial charge in [-0.25, -0.2) is 0 Å². The molecular weight excluding hydrogens is 180 g/mol. The highest BCUT2D eigenvalue weighted by Gasteiger charge is 2.16. The van der Waals surface area contributed by atoms with Gasteiger partial charge in [0.2, 0.25) is 0 Å². The maximum absolute atomic E-state index is 9.15. The number of aliphatic hydroxyl groups is 3. The molecule has 0 heterocycles. The van der Waals surface area contributed by atoms with Crippen LogP contribution in [0.5, 0.6) is 0 Å². The van der Waals surface area contributed by atoms with Crippen molar-refractivity contribution < 1.29 is 15.3 Å². The van der Waals surface area contributed by atoms with Crippen LogP contribution in [0.2, 0.25) is 0 Å². The summed E-state index contributed by atoms with van der Waals surface area (Å²) in [6.45, 7) is -0.253. The Morgan fingerprint density at radius 1 is 1.45 bits per heavy atom. The van der Waals surface area contributed by atoms with Gasteiger partial charge >= 0.3 is 0 Å². The molecule has 4 atom stereocenters. The average Bonchev–Trinajstić information content (AvgIpc) is 1.99. The SMILES string of the molecule is OCC(O)CC(NP)[CH](O)[AlH2]. The second-order valence-electron chi connectivity index (χ2n) is 2.59. The van der Waals surface area contributed by atoms with Gasteiger partial charge < -0.3 is 15.3 Å². The maximum atomic E-state index is 9.15. The van der Waals surface area contributed by atoms with Crippen LogP contribution in [0.3, 0.4) is 0 Å². The Morgan fingerprint density at radius 3 is 2.27 bits per heavy atom. The summed E-state index contributed by atoms with van der Waals surface area (Å²) in [4.78, 5) is -0.395. The van der Waals surface area contributed by atoms with Crippen molar-refractivity contribution in [2.75, 3.05) is 6.61 Å². The summed E-state index contributed by atoms with van der Waals surface area (Å²) in [6.07, 6.45) is -0.360. The van der Waals surface area contributed by atoms with E-state index in [0.717, 1.165) is 0 Å². The lowest BCUT2D eigenvalue weighted by molar-refractivity contribution is 0.0693. The summed E-state index contributed by atoms with van der Waals surface area (Å²) >= 11 is 0.657. The Kier molecular flexibility index (Phi) is 6.79. The quantitative estimate of drug-likeness (QED) is 0.287. The van der Waals surface area contributed by atoms with E-state index in [2.05, 4.69) is 14.5 Å². The number of rotatable bonds is 5. The van der Waals surface area contributed by atoms with Crippen LogP contribution in [0, 0.1) is 0 Å². The highest BCUT2D eigenvalue weighted by atomic mass is 31.0. The molecule has 0 aliphatic rings. The summed E-state index contributed by atoms with van der Waals surface area (Å²) in [5.74, 6) is 0. The Bertz CT molecular complexity index is 106. The van der Waals surface area contributed by atoms with Crippen LogP contribution < -0.4 is 5.09 Å². The molecule has 0 spiro atoms. The minimum absolute atomic E-state index is 0.131. The van der Waals surface area contributed by atoms with Gasteiger partial charge in [-0.15, -0.1) is 0 Å². The molecule has 66 valence electrons. The van der Waals surface area contributed by atoms with E-state index in [4.69, 9.17) is 15.3 Å². The molecular formula is C5H15AlNO3P.